The van der Waals surface area contributed by atoms with E-state index in [4.69, 9.17) is 0 Å². The van der Waals surface area contributed by atoms with Gasteiger partial charge in [0.15, 0.2) is 0 Å². The summed E-state index contributed by atoms with van der Waals surface area (Å²) in [7, 11) is 0. The summed E-state index contributed by atoms with van der Waals surface area (Å²) >= 11 is 1.63. The van der Waals surface area contributed by atoms with Crippen LogP contribution in [0.15, 0.2) is 28.4 Å². The van der Waals surface area contributed by atoms with Gasteiger partial charge >= 0.3 is 0 Å². The summed E-state index contributed by atoms with van der Waals surface area (Å²) in [6.45, 7) is 6.02. The van der Waals surface area contributed by atoms with Gasteiger partial charge in [-0.05, 0) is 50.6 Å². The molecule has 0 aromatic carbocycles. The predicted molar refractivity (Wildman–Crippen MR) is 99.3 cm³/mol. The molecule has 0 radical (unpaired) electrons. The zero-order chi connectivity index (χ0) is 17.6. The Balaban J connectivity index is 1.72. The summed E-state index contributed by atoms with van der Waals surface area (Å²) in [6.07, 6.45) is 1.59. The lowest BCUT2D eigenvalue weighted by molar-refractivity contribution is 0.849. The third-order valence-corrected chi connectivity index (χ3v) is 5.46. The molecule has 0 unspecified atom stereocenters. The molecule has 6 nitrogen and oxygen atoms in total. The molecule has 0 spiro atoms. The maximum atomic E-state index is 12.5. The summed E-state index contributed by atoms with van der Waals surface area (Å²) < 4.78 is 1.46. The summed E-state index contributed by atoms with van der Waals surface area (Å²) in [5, 5.41) is 13.8. The van der Waals surface area contributed by atoms with Crippen LogP contribution in [0.4, 0.5) is 0 Å². The van der Waals surface area contributed by atoms with E-state index in [-0.39, 0.29) is 5.56 Å². The van der Waals surface area contributed by atoms with Gasteiger partial charge < -0.3 is 4.98 Å². The van der Waals surface area contributed by atoms with Gasteiger partial charge in [0.25, 0.3) is 5.56 Å². The van der Waals surface area contributed by atoms with E-state index >= 15 is 0 Å². The molecule has 0 fully saturated rings. The van der Waals surface area contributed by atoms with Crippen molar-refractivity contribution in [1.29, 1.82) is 0 Å². The van der Waals surface area contributed by atoms with Crippen molar-refractivity contribution in [2.24, 2.45) is 0 Å². The molecule has 4 aromatic heterocycles. The molecule has 0 amide bonds. The van der Waals surface area contributed by atoms with E-state index in [0.29, 0.717) is 0 Å². The van der Waals surface area contributed by atoms with Crippen molar-refractivity contribution in [3.05, 3.63) is 62.1 Å². The minimum atomic E-state index is -0.102. The van der Waals surface area contributed by atoms with Crippen molar-refractivity contribution < 1.29 is 0 Å². The fourth-order valence-electron chi connectivity index (χ4n) is 3.18. The molecule has 4 aromatic rings. The Hall–Kier alpha value is -2.67. The van der Waals surface area contributed by atoms with Gasteiger partial charge in [0.1, 0.15) is 11.3 Å². The smallest absolute Gasteiger partial charge is 0.274 e. The number of aromatic amines is 2. The average molecular weight is 353 g/mol. The highest BCUT2D eigenvalue weighted by molar-refractivity contribution is 7.13. The third-order valence-electron chi connectivity index (χ3n) is 4.59. The lowest BCUT2D eigenvalue weighted by atomic mass is 10.1. The molecular formula is C18H19N5OS. The molecule has 0 atom stereocenters. The highest BCUT2D eigenvalue weighted by atomic mass is 32.1. The third kappa shape index (κ3) is 2.70. The Morgan fingerprint density at radius 2 is 2.08 bits per heavy atom. The van der Waals surface area contributed by atoms with Crippen LogP contribution in [-0.2, 0) is 12.8 Å². The molecule has 25 heavy (non-hydrogen) atoms. The SMILES string of the molecule is Cc1n[nH]c(C)c1CCc1cc(=O)n2nc(-c3cccs3)c(C)c2[nH]1. The second-order valence-corrected chi connectivity index (χ2v) is 7.20. The molecular weight excluding hydrogens is 334 g/mol. The number of hydrogen-bond donors (Lipinski definition) is 2. The number of aryl methyl sites for hydroxylation is 4. The molecule has 0 bridgehead atoms. The number of rotatable bonds is 4. The van der Waals surface area contributed by atoms with Gasteiger partial charge in [-0.2, -0.15) is 14.7 Å². The molecule has 0 aliphatic heterocycles. The lowest BCUT2D eigenvalue weighted by Crippen LogP contribution is -2.16. The van der Waals surface area contributed by atoms with Crippen molar-refractivity contribution in [2.75, 3.05) is 0 Å². The maximum Gasteiger partial charge on any atom is 0.274 e. The lowest BCUT2D eigenvalue weighted by Gasteiger charge is -2.04. The zero-order valence-electron chi connectivity index (χ0n) is 14.4. The van der Waals surface area contributed by atoms with E-state index in [1.807, 2.05) is 38.3 Å². The van der Waals surface area contributed by atoms with Gasteiger partial charge in [-0.3, -0.25) is 9.89 Å². The van der Waals surface area contributed by atoms with E-state index in [1.165, 1.54) is 10.1 Å². The number of nitrogens with zero attached hydrogens (tertiary/aromatic N) is 3. The van der Waals surface area contributed by atoms with Crippen molar-refractivity contribution >= 4 is 17.0 Å². The van der Waals surface area contributed by atoms with Crippen LogP contribution in [0.1, 0.15) is 28.2 Å². The van der Waals surface area contributed by atoms with Crippen LogP contribution in [0.3, 0.4) is 0 Å². The van der Waals surface area contributed by atoms with Gasteiger partial charge in [0, 0.05) is 23.0 Å². The minimum absolute atomic E-state index is 0.102. The molecule has 2 N–H and O–H groups in total. The molecule has 0 saturated carbocycles. The van der Waals surface area contributed by atoms with Gasteiger partial charge in [0.05, 0.1) is 10.6 Å². The fourth-order valence-corrected chi connectivity index (χ4v) is 3.95. The standard InChI is InChI=1S/C18H19N5OS/c1-10-17(15-5-4-8-25-15)22-23-16(24)9-13(19-18(10)23)6-7-14-11(2)20-21-12(14)3/h4-5,8-9,19H,6-7H2,1-3H3,(H,20,21). The van der Waals surface area contributed by atoms with Crippen molar-refractivity contribution in [2.45, 2.75) is 33.6 Å². The first kappa shape index (κ1) is 15.8. The van der Waals surface area contributed by atoms with Crippen LogP contribution in [0, 0.1) is 20.8 Å². The highest BCUT2D eigenvalue weighted by Crippen LogP contribution is 2.27. The molecule has 4 heterocycles. The second kappa shape index (κ2) is 6.00. The van der Waals surface area contributed by atoms with E-state index in [9.17, 15) is 4.79 Å². The summed E-state index contributed by atoms with van der Waals surface area (Å²) in [5.74, 6) is 0. The number of thiophene rings is 1. The summed E-state index contributed by atoms with van der Waals surface area (Å²) in [5.41, 5.74) is 6.76. The number of aromatic nitrogens is 5. The average Bonchev–Trinajstić information content (AvgIpc) is 3.28. The van der Waals surface area contributed by atoms with Gasteiger partial charge in [0.2, 0.25) is 0 Å². The fraction of sp³-hybridized carbons (Fsp3) is 0.278. The maximum absolute atomic E-state index is 12.5. The van der Waals surface area contributed by atoms with Crippen LogP contribution >= 0.6 is 11.3 Å². The Bertz CT molecular complexity index is 1080. The largest absolute Gasteiger partial charge is 0.343 e. The molecule has 0 saturated heterocycles. The van der Waals surface area contributed by atoms with Crippen molar-refractivity contribution in [3.63, 3.8) is 0 Å². The predicted octanol–water partition coefficient (Wildman–Crippen LogP) is 3.18. The van der Waals surface area contributed by atoms with Crippen molar-refractivity contribution in [1.82, 2.24) is 24.8 Å². The first-order chi connectivity index (χ1) is 12.0. The monoisotopic (exact) mass is 353 g/mol. The summed E-state index contributed by atoms with van der Waals surface area (Å²) in [4.78, 5) is 17.0. The topological polar surface area (TPSA) is 78.8 Å². The number of fused-ring (bicyclic) bond motifs is 1. The number of nitrogens with one attached hydrogen (secondary N) is 2. The van der Waals surface area contributed by atoms with E-state index < -0.39 is 0 Å². The van der Waals surface area contributed by atoms with Gasteiger partial charge in [-0.25, -0.2) is 0 Å². The molecule has 0 aliphatic rings. The van der Waals surface area contributed by atoms with E-state index in [0.717, 1.165) is 51.7 Å². The highest BCUT2D eigenvalue weighted by Gasteiger charge is 2.15. The quantitative estimate of drug-likeness (QED) is 0.591. The Morgan fingerprint density at radius 1 is 1.24 bits per heavy atom. The van der Waals surface area contributed by atoms with Gasteiger partial charge in [-0.1, -0.05) is 6.07 Å². The number of H-pyrrole nitrogens is 2. The van der Waals surface area contributed by atoms with Crippen LogP contribution in [0.5, 0.6) is 0 Å². The van der Waals surface area contributed by atoms with Crippen LogP contribution in [0.25, 0.3) is 16.2 Å². The summed E-state index contributed by atoms with van der Waals surface area (Å²) in [6, 6.07) is 5.66. The van der Waals surface area contributed by atoms with Crippen LogP contribution in [-0.4, -0.2) is 24.8 Å². The molecule has 7 heteroatoms. The Morgan fingerprint density at radius 3 is 2.76 bits per heavy atom. The van der Waals surface area contributed by atoms with Crippen LogP contribution < -0.4 is 5.56 Å². The second-order valence-electron chi connectivity index (χ2n) is 6.26. The van der Waals surface area contributed by atoms with E-state index in [1.54, 1.807) is 17.4 Å². The first-order valence-electron chi connectivity index (χ1n) is 8.20. The first-order valence-corrected chi connectivity index (χ1v) is 9.08. The molecule has 0 aliphatic carbocycles. The van der Waals surface area contributed by atoms with Crippen LogP contribution in [0.2, 0.25) is 0 Å². The van der Waals surface area contributed by atoms with Crippen molar-refractivity contribution in [3.8, 4) is 10.6 Å². The minimum Gasteiger partial charge on any atom is -0.343 e. The molecule has 4 rings (SSSR count). The normalized spacial score (nSPS) is 11.5. The number of hydrogen-bond acceptors (Lipinski definition) is 4. The Kier molecular flexibility index (Phi) is 3.80. The van der Waals surface area contributed by atoms with Gasteiger partial charge in [-0.15, -0.1) is 11.3 Å². The zero-order valence-corrected chi connectivity index (χ0v) is 15.2. The Labute approximate surface area is 148 Å². The van der Waals surface area contributed by atoms with E-state index in [2.05, 4.69) is 20.3 Å². The molecule has 128 valence electrons.